The van der Waals surface area contributed by atoms with Crippen LogP contribution in [0, 0.1) is 122 Å². The Bertz CT molecular complexity index is 2810. The van der Waals surface area contributed by atoms with Gasteiger partial charge in [0.15, 0.2) is 0 Å². The van der Waals surface area contributed by atoms with E-state index >= 15 is 0 Å². The number of esters is 3. The molecular formula is C56H73N9O10. The first-order valence-corrected chi connectivity index (χ1v) is 20.2. The number of hydrogen-bond acceptors (Lipinski definition) is 15. The van der Waals surface area contributed by atoms with Crippen molar-refractivity contribution < 1.29 is 48.5 Å². The molecule has 0 aliphatic rings. The number of terminal acetylenes is 2. The second-order valence-corrected chi connectivity index (χ2v) is 13.3. The van der Waals surface area contributed by atoms with Crippen molar-refractivity contribution in [3.63, 3.8) is 0 Å². The van der Waals surface area contributed by atoms with Gasteiger partial charge in [-0.1, -0.05) is 58.9 Å². The Hall–Kier alpha value is -10.9. The number of rotatable bonds is 14. The number of nitriles is 2. The maximum atomic E-state index is 12.0. The number of nitrogens with one attached hydrogen (secondary N) is 3. The molecule has 0 saturated heterocycles. The fraction of sp³-hybridized carbons (Fsp3) is 0.232. The summed E-state index contributed by atoms with van der Waals surface area (Å²) in [5.74, 6) is 25.4. The molecule has 19 nitrogen and oxygen atoms in total. The molecule has 75 heavy (non-hydrogen) atoms. The van der Waals surface area contributed by atoms with Crippen molar-refractivity contribution in [2.75, 3.05) is 64.3 Å². The zero-order valence-electron chi connectivity index (χ0n) is 41.2. The van der Waals surface area contributed by atoms with Crippen LogP contribution in [0.4, 0.5) is 11.4 Å². The second kappa shape index (κ2) is 49.5. The summed E-state index contributed by atoms with van der Waals surface area (Å²) in [5, 5.41) is 31.7. The molecule has 0 atom stereocenters. The molecule has 0 heterocycles. The molecule has 2 amide bonds. The summed E-state index contributed by atoms with van der Waals surface area (Å²) in [7, 11) is 7.74. The van der Waals surface area contributed by atoms with Crippen molar-refractivity contribution in [1.82, 2.24) is 10.6 Å². The molecule has 0 saturated carbocycles. The Balaban J connectivity index is -0.0000000681. The normalized spacial score (nSPS) is 8.16. The van der Waals surface area contributed by atoms with E-state index in [0.717, 1.165) is 22.5 Å². The zero-order valence-corrected chi connectivity index (χ0v) is 41.2. The van der Waals surface area contributed by atoms with Gasteiger partial charge in [-0.2, -0.15) is 10.5 Å². The van der Waals surface area contributed by atoms with Crippen LogP contribution in [-0.4, -0.2) is 89.3 Å². The van der Waals surface area contributed by atoms with Crippen LogP contribution in [0.15, 0.2) is 96.1 Å². The lowest BCUT2D eigenvalue weighted by Gasteiger charge is -2.12. The fourth-order valence-electron chi connectivity index (χ4n) is 3.74. The van der Waals surface area contributed by atoms with Crippen molar-refractivity contribution in [2.24, 2.45) is 0 Å². The summed E-state index contributed by atoms with van der Waals surface area (Å²) in [6.45, 7) is 14.7. The predicted molar refractivity (Wildman–Crippen MR) is 309 cm³/mol. The van der Waals surface area contributed by atoms with Crippen LogP contribution in [0.3, 0.4) is 0 Å². The standard InChI is InChI=1S/C18H21N3O3.C14H17N3O2.C14H2.C8H10O3.2CH4.HN3.O2.7H2/c1-13(2)18(23)24-10-9-20-17(22)15(12-19)11-14-5-7-16(8-6-14)21(3)4;1-17(2)13-5-3-11(4-6-13)9-12(10-15)14(19)16-7-8-18;1-3-5-7-9-11-13-14-12-10-8-6-4-2;1-5(2)7(9)11-8(10)6(3)4;;;1-3-2;1-2;;;;;;;/h5-8,11H,1,9-10H2,2-4H3,(H,20,22);3-6,9,18H,7-8H2,1-2H3,(H,16,19);1-2H;1,3H2,2,4H3;2*1H4;1H;;7*1H/b15-11+;12-9+;;;;;;;;;;;;;. The van der Waals surface area contributed by atoms with E-state index in [1.54, 1.807) is 11.8 Å². The average molecular weight is 1030 g/mol. The summed E-state index contributed by atoms with van der Waals surface area (Å²) < 4.78 is 9.16. The van der Waals surface area contributed by atoms with Crippen molar-refractivity contribution in [3.8, 4) is 96.0 Å². The highest BCUT2D eigenvalue weighted by Crippen LogP contribution is 2.16. The number of benzene rings is 2. The number of carbonyl (C=O) groups is 5. The summed E-state index contributed by atoms with van der Waals surface area (Å²) in [4.78, 5) is 75.8. The smallest absolute Gasteiger partial charge is 0.340 e. The van der Waals surface area contributed by atoms with Crippen LogP contribution in [0.5, 0.6) is 0 Å². The molecule has 0 aliphatic carbocycles. The number of anilines is 2. The number of aliphatic hydroxyl groups is 1. The van der Waals surface area contributed by atoms with E-state index in [0.29, 0.717) is 5.57 Å². The van der Waals surface area contributed by atoms with Gasteiger partial charge in [0.2, 0.25) is 0 Å². The molecule has 0 radical (unpaired) electrons. The minimum atomic E-state index is -0.710. The molecule has 0 aliphatic heterocycles. The SMILES string of the molecule is C.C.C#CC#CC#CC#CC#CC#CC#C.C=C(C)C(=O)OC(=O)C(=C)C.C=C(C)C(=O)OCCNC(=O)/C(C#N)=C/c1ccc(N(C)C)cc1.CN(C)c1ccc(/C=C(\C#N)C(=O)NCCO)cc1.O=O.[HH].[HH].[HH].[HH].[HH].[HH].[HH].[N-]=[N+]=N. The van der Waals surface area contributed by atoms with Gasteiger partial charge in [-0.3, -0.25) is 9.59 Å². The van der Waals surface area contributed by atoms with Crippen LogP contribution >= 0.6 is 0 Å². The minimum Gasteiger partial charge on any atom is -0.460 e. The molecule has 2 aromatic carbocycles. The third-order valence-corrected chi connectivity index (χ3v) is 7.13. The monoisotopic (exact) mass is 1030 g/mol. The van der Waals surface area contributed by atoms with Crippen LogP contribution in [0.1, 0.15) is 56.7 Å². The van der Waals surface area contributed by atoms with Gasteiger partial charge < -0.3 is 35.0 Å². The molecule has 2 aromatic rings. The van der Waals surface area contributed by atoms with Crippen molar-refractivity contribution in [2.45, 2.75) is 35.6 Å². The fourth-order valence-corrected chi connectivity index (χ4v) is 3.74. The molecule has 402 valence electrons. The first kappa shape index (κ1) is 75.6. The molecule has 0 fully saturated rings. The Morgan fingerprint density at radius 3 is 1.20 bits per heavy atom. The van der Waals surface area contributed by atoms with E-state index in [-0.39, 0.29) is 73.4 Å². The summed E-state index contributed by atoms with van der Waals surface area (Å²) in [5.41, 5.74) is 16.5. The van der Waals surface area contributed by atoms with Crippen LogP contribution in [0.25, 0.3) is 22.6 Å². The van der Waals surface area contributed by atoms with E-state index < -0.39 is 29.7 Å². The molecule has 0 unspecified atom stereocenters. The lowest BCUT2D eigenvalue weighted by Crippen LogP contribution is -2.29. The quantitative estimate of drug-likeness (QED) is 0.0160. The topological polar surface area (TPSA) is 297 Å². The molecule has 19 heteroatoms. The third kappa shape index (κ3) is 41.7. The van der Waals surface area contributed by atoms with E-state index in [9.17, 15) is 24.0 Å². The second-order valence-electron chi connectivity index (χ2n) is 13.3. The number of nitrogens with zero attached hydrogens (tertiary/aromatic N) is 6. The van der Waals surface area contributed by atoms with Gasteiger partial charge in [0.05, 0.1) is 13.2 Å². The van der Waals surface area contributed by atoms with Gasteiger partial charge in [-0.25, -0.2) is 14.4 Å². The molecule has 0 bridgehead atoms. The Labute approximate surface area is 451 Å². The molecule has 0 aromatic heterocycles. The third-order valence-electron chi connectivity index (χ3n) is 7.13. The predicted octanol–water partition coefficient (Wildman–Crippen LogP) is 8.08. The Morgan fingerprint density at radius 2 is 0.947 bits per heavy atom. The van der Waals surface area contributed by atoms with Crippen molar-refractivity contribution in [1.29, 1.82) is 16.1 Å². The van der Waals surface area contributed by atoms with E-state index in [1.165, 1.54) is 26.0 Å². The first-order valence-electron chi connectivity index (χ1n) is 20.2. The van der Waals surface area contributed by atoms with Crippen molar-refractivity contribution in [3.05, 3.63) is 128 Å². The highest BCUT2D eigenvalue weighted by molar-refractivity contribution is 6.02. The Morgan fingerprint density at radius 1 is 0.653 bits per heavy atom. The maximum absolute atomic E-state index is 12.0. The van der Waals surface area contributed by atoms with E-state index in [4.69, 9.17) is 54.2 Å². The minimum absolute atomic E-state index is 0. The van der Waals surface area contributed by atoms with E-state index in [2.05, 4.69) is 106 Å². The molecular weight excluding hydrogens is 959 g/mol. The summed E-state index contributed by atoms with van der Waals surface area (Å²) >= 11 is 0. The number of aliphatic hydroxyl groups excluding tert-OH is 1. The summed E-state index contributed by atoms with van der Waals surface area (Å²) in [6.07, 6.45) is 12.7. The van der Waals surface area contributed by atoms with Gasteiger partial charge in [0.25, 0.3) is 11.8 Å². The largest absolute Gasteiger partial charge is 0.460 e. The number of amides is 2. The zero-order chi connectivity index (χ0) is 56.6. The summed E-state index contributed by atoms with van der Waals surface area (Å²) in [6, 6.07) is 18.7. The van der Waals surface area contributed by atoms with Gasteiger partial charge >= 0.3 is 17.9 Å². The number of carbonyl (C=O) groups excluding carboxylic acids is 5. The van der Waals surface area contributed by atoms with Gasteiger partial charge in [0.1, 0.15) is 29.9 Å². The lowest BCUT2D eigenvalue weighted by molar-refractivity contribution is -0.154. The first-order chi connectivity index (χ1) is 34.7. The highest BCUT2D eigenvalue weighted by atomic mass is 16.7. The Kier molecular flexibility index (Phi) is 49.9. The maximum Gasteiger partial charge on any atom is 0.340 e. The average Bonchev–Trinajstić information content (AvgIpc) is 3.37. The van der Waals surface area contributed by atoms with Crippen molar-refractivity contribution >= 4 is 53.2 Å². The van der Waals surface area contributed by atoms with Gasteiger partial charge in [0, 0.05) is 82.7 Å². The van der Waals surface area contributed by atoms with E-state index in [1.807, 2.05) is 98.7 Å². The van der Waals surface area contributed by atoms with Crippen LogP contribution in [-0.2, 0) is 33.4 Å². The van der Waals surface area contributed by atoms with Crippen LogP contribution in [0.2, 0.25) is 0 Å². The van der Waals surface area contributed by atoms with Crippen LogP contribution < -0.4 is 20.4 Å². The lowest BCUT2D eigenvalue weighted by atomic mass is 10.1. The molecule has 4 N–H and O–H groups in total. The van der Waals surface area contributed by atoms with Gasteiger partial charge in [-0.15, -0.1) is 18.4 Å². The number of hydrogen-bond donors (Lipinski definition) is 4. The van der Waals surface area contributed by atoms with Gasteiger partial charge in [-0.05, 0) is 150 Å². The highest BCUT2D eigenvalue weighted by Gasteiger charge is 2.12. The molecule has 2 rings (SSSR count). The number of ether oxygens (including phenoxy) is 2. The molecule has 0 spiro atoms.